The molecule has 0 saturated heterocycles. The van der Waals surface area contributed by atoms with Gasteiger partial charge in [-0.1, -0.05) is 0 Å². The Morgan fingerprint density at radius 2 is 2.15 bits per heavy atom. The van der Waals surface area contributed by atoms with Crippen molar-refractivity contribution in [3.8, 4) is 0 Å². The second kappa shape index (κ2) is 3.17. The molecule has 1 rings (SSSR count). The van der Waals surface area contributed by atoms with Crippen LogP contribution in [0.5, 0.6) is 0 Å². The maximum atomic E-state index is 12.0. The Kier molecular flexibility index (Phi) is 2.51. The molecule has 0 heterocycles. The molecule has 0 aromatic carbocycles. The summed E-state index contributed by atoms with van der Waals surface area (Å²) < 4.78 is 35.9. The summed E-state index contributed by atoms with van der Waals surface area (Å²) in [7, 11) is 0. The zero-order valence-electron chi connectivity index (χ0n) is 6.71. The molecule has 3 nitrogen and oxygen atoms in total. The van der Waals surface area contributed by atoms with E-state index in [2.05, 4.69) is 0 Å². The van der Waals surface area contributed by atoms with Gasteiger partial charge in [-0.3, -0.25) is 4.79 Å². The van der Waals surface area contributed by atoms with Crippen LogP contribution in [0.4, 0.5) is 13.2 Å². The number of carbonyl (C=O) groups is 1. The summed E-state index contributed by atoms with van der Waals surface area (Å²) in [5.41, 5.74) is 5.10. The fourth-order valence-corrected chi connectivity index (χ4v) is 1.34. The number of carboxylic acid groups (broad SMARTS) is 1. The zero-order chi connectivity index (χ0) is 10.2. The lowest BCUT2D eigenvalue weighted by Crippen LogP contribution is -2.31. The Balaban J connectivity index is 2.33. The first-order valence-electron chi connectivity index (χ1n) is 3.87. The van der Waals surface area contributed by atoms with Gasteiger partial charge in [0.05, 0.1) is 5.92 Å². The zero-order valence-corrected chi connectivity index (χ0v) is 6.71. The van der Waals surface area contributed by atoms with Crippen molar-refractivity contribution in [2.24, 2.45) is 17.6 Å². The Morgan fingerprint density at radius 3 is 2.46 bits per heavy atom. The van der Waals surface area contributed by atoms with Crippen molar-refractivity contribution in [2.45, 2.75) is 25.1 Å². The Morgan fingerprint density at radius 1 is 1.62 bits per heavy atom. The molecule has 0 aliphatic heterocycles. The van der Waals surface area contributed by atoms with Crippen LogP contribution < -0.4 is 5.73 Å². The van der Waals surface area contributed by atoms with Crippen LogP contribution in [0.15, 0.2) is 0 Å². The molecule has 0 aromatic rings. The summed E-state index contributed by atoms with van der Waals surface area (Å²) in [5.74, 6) is -3.17. The summed E-state index contributed by atoms with van der Waals surface area (Å²) in [5, 5.41) is 8.34. The van der Waals surface area contributed by atoms with Gasteiger partial charge in [0.15, 0.2) is 0 Å². The fraction of sp³-hybridized carbons (Fsp3) is 0.857. The van der Waals surface area contributed by atoms with Gasteiger partial charge in [-0.15, -0.1) is 0 Å². The highest BCUT2D eigenvalue weighted by Crippen LogP contribution is 2.51. The highest BCUT2D eigenvalue weighted by atomic mass is 19.4. The number of alkyl halides is 3. The molecule has 1 fully saturated rings. The lowest BCUT2D eigenvalue weighted by Gasteiger charge is -2.07. The third-order valence-electron chi connectivity index (χ3n) is 2.22. The first kappa shape index (κ1) is 10.3. The van der Waals surface area contributed by atoms with Crippen molar-refractivity contribution >= 4 is 5.97 Å². The topological polar surface area (TPSA) is 63.3 Å². The van der Waals surface area contributed by atoms with Crippen molar-refractivity contribution in [3.05, 3.63) is 0 Å². The van der Waals surface area contributed by atoms with Gasteiger partial charge in [0.2, 0.25) is 0 Å². The van der Waals surface area contributed by atoms with E-state index in [1.807, 2.05) is 0 Å². The van der Waals surface area contributed by atoms with Crippen molar-refractivity contribution < 1.29 is 23.1 Å². The summed E-state index contributed by atoms with van der Waals surface area (Å²) in [6.07, 6.45) is -4.26. The van der Waals surface area contributed by atoms with Gasteiger partial charge in [-0.05, 0) is 18.8 Å². The Bertz CT molecular complexity index is 216. The van der Waals surface area contributed by atoms with E-state index >= 15 is 0 Å². The lowest BCUT2D eigenvalue weighted by atomic mass is 10.1. The number of hydrogen-bond donors (Lipinski definition) is 2. The highest BCUT2D eigenvalue weighted by molar-refractivity contribution is 5.73. The average molecular weight is 197 g/mol. The molecule has 1 aliphatic carbocycles. The maximum absolute atomic E-state index is 12.0. The van der Waals surface area contributed by atoms with E-state index in [1.165, 1.54) is 0 Å². The molecular weight excluding hydrogens is 187 g/mol. The molecule has 0 unspecified atom stereocenters. The van der Waals surface area contributed by atoms with Crippen molar-refractivity contribution in [2.75, 3.05) is 0 Å². The molecule has 0 aromatic heterocycles. The van der Waals surface area contributed by atoms with Crippen molar-refractivity contribution in [1.29, 1.82) is 0 Å². The van der Waals surface area contributed by atoms with Crippen LogP contribution in [0, 0.1) is 11.8 Å². The molecule has 6 heteroatoms. The van der Waals surface area contributed by atoms with E-state index in [9.17, 15) is 18.0 Å². The molecule has 1 saturated carbocycles. The predicted octanol–water partition coefficient (Wildman–Crippen LogP) is 0.987. The van der Waals surface area contributed by atoms with E-state index < -0.39 is 30.0 Å². The fourth-order valence-electron chi connectivity index (χ4n) is 1.34. The molecule has 3 atom stereocenters. The number of rotatable bonds is 3. The van der Waals surface area contributed by atoms with Crippen LogP contribution in [0.25, 0.3) is 0 Å². The minimum absolute atomic E-state index is 0.0183. The quantitative estimate of drug-likeness (QED) is 0.709. The van der Waals surface area contributed by atoms with Crippen LogP contribution in [-0.4, -0.2) is 23.3 Å². The summed E-state index contributed by atoms with van der Waals surface area (Å²) >= 11 is 0. The van der Waals surface area contributed by atoms with Gasteiger partial charge in [0.1, 0.15) is 6.04 Å². The third-order valence-corrected chi connectivity index (χ3v) is 2.22. The Hall–Kier alpha value is -0.780. The standard InChI is InChI=1S/C7H10F3NO2/c8-7(9,10)4-1-3(4)2-5(11)6(12)13/h3-5H,1-2,11H2,(H,12,13)/t3-,4-,5-/m0/s1. The van der Waals surface area contributed by atoms with Gasteiger partial charge < -0.3 is 10.8 Å². The van der Waals surface area contributed by atoms with Gasteiger partial charge in [-0.2, -0.15) is 13.2 Å². The van der Waals surface area contributed by atoms with Crippen LogP contribution in [-0.2, 0) is 4.79 Å². The normalized spacial score (nSPS) is 29.8. The van der Waals surface area contributed by atoms with E-state index in [1.54, 1.807) is 0 Å². The van der Waals surface area contributed by atoms with Crippen LogP contribution in [0.2, 0.25) is 0 Å². The number of aliphatic carboxylic acids is 1. The number of hydrogen-bond acceptors (Lipinski definition) is 2. The number of nitrogens with two attached hydrogens (primary N) is 1. The molecule has 0 radical (unpaired) electrons. The minimum Gasteiger partial charge on any atom is -0.480 e. The van der Waals surface area contributed by atoms with Gasteiger partial charge in [0.25, 0.3) is 0 Å². The highest BCUT2D eigenvalue weighted by Gasteiger charge is 2.55. The van der Waals surface area contributed by atoms with E-state index in [0.29, 0.717) is 0 Å². The van der Waals surface area contributed by atoms with Crippen molar-refractivity contribution in [3.63, 3.8) is 0 Å². The smallest absolute Gasteiger partial charge is 0.392 e. The molecule has 0 amide bonds. The number of carboxylic acids is 1. The minimum atomic E-state index is -4.19. The van der Waals surface area contributed by atoms with E-state index in [0.717, 1.165) is 0 Å². The summed E-state index contributed by atoms with van der Waals surface area (Å²) in [6, 6.07) is -1.17. The molecule has 0 spiro atoms. The second-order valence-corrected chi connectivity index (χ2v) is 3.32. The number of halogens is 3. The molecule has 3 N–H and O–H groups in total. The SMILES string of the molecule is N[C@@H](C[C@@H]1C[C@@H]1C(F)(F)F)C(=O)O. The van der Waals surface area contributed by atoms with Crippen LogP contribution >= 0.6 is 0 Å². The van der Waals surface area contributed by atoms with Crippen LogP contribution in [0.1, 0.15) is 12.8 Å². The predicted molar refractivity (Wildman–Crippen MR) is 37.9 cm³/mol. The first-order valence-corrected chi connectivity index (χ1v) is 3.87. The largest absolute Gasteiger partial charge is 0.480 e. The van der Waals surface area contributed by atoms with Crippen LogP contribution in [0.3, 0.4) is 0 Å². The maximum Gasteiger partial charge on any atom is 0.392 e. The molecular formula is C7H10F3NO2. The molecule has 0 bridgehead atoms. The van der Waals surface area contributed by atoms with Gasteiger partial charge >= 0.3 is 12.1 Å². The summed E-state index contributed by atoms with van der Waals surface area (Å²) in [6.45, 7) is 0. The van der Waals surface area contributed by atoms with Crippen molar-refractivity contribution in [1.82, 2.24) is 0 Å². The molecule has 76 valence electrons. The molecule has 1 aliphatic rings. The van der Waals surface area contributed by atoms with Gasteiger partial charge in [-0.25, -0.2) is 0 Å². The van der Waals surface area contributed by atoms with E-state index in [-0.39, 0.29) is 12.8 Å². The summed E-state index contributed by atoms with van der Waals surface area (Å²) in [4.78, 5) is 10.2. The van der Waals surface area contributed by atoms with Gasteiger partial charge in [0, 0.05) is 0 Å². The monoisotopic (exact) mass is 197 g/mol. The first-order chi connectivity index (χ1) is 5.82. The second-order valence-electron chi connectivity index (χ2n) is 3.32. The lowest BCUT2D eigenvalue weighted by molar-refractivity contribution is -0.152. The van der Waals surface area contributed by atoms with E-state index in [4.69, 9.17) is 10.8 Å². The molecule has 13 heavy (non-hydrogen) atoms. The Labute approximate surface area is 72.7 Å². The third kappa shape index (κ3) is 2.58. The average Bonchev–Trinajstić information content (AvgIpc) is 2.65.